The van der Waals surface area contributed by atoms with Gasteiger partial charge in [0.05, 0.1) is 30.2 Å². The Morgan fingerprint density at radius 1 is 1.33 bits per heavy atom. The summed E-state index contributed by atoms with van der Waals surface area (Å²) in [6, 6.07) is 8.01. The molecule has 0 aliphatic carbocycles. The molecule has 3 rings (SSSR count). The number of hydrogen-bond donors (Lipinski definition) is 1. The van der Waals surface area contributed by atoms with Crippen LogP contribution in [0.5, 0.6) is 5.88 Å². The number of fused-ring (bicyclic) bond motifs is 1. The Morgan fingerprint density at radius 2 is 2.12 bits per heavy atom. The molecule has 24 heavy (non-hydrogen) atoms. The molecule has 0 bridgehead atoms. The van der Waals surface area contributed by atoms with Gasteiger partial charge in [0, 0.05) is 20.1 Å². The number of nitrogens with one attached hydrogen (secondary N) is 1. The van der Waals surface area contributed by atoms with Gasteiger partial charge in [0.15, 0.2) is 0 Å². The van der Waals surface area contributed by atoms with Crippen molar-refractivity contribution < 1.29 is 9.53 Å². The Morgan fingerprint density at radius 3 is 2.92 bits per heavy atom. The first-order valence-electron chi connectivity index (χ1n) is 7.87. The Bertz CT molecular complexity index is 865. The van der Waals surface area contributed by atoms with Crippen molar-refractivity contribution in [2.75, 3.05) is 13.7 Å². The molecule has 0 atom stereocenters. The second-order valence-electron chi connectivity index (χ2n) is 5.63. The molecule has 0 aliphatic rings. The first-order valence-corrected chi connectivity index (χ1v) is 7.87. The topological polar surface area (TPSA) is 74.0 Å². The summed E-state index contributed by atoms with van der Waals surface area (Å²) in [5.41, 5.74) is 3.24. The molecule has 2 heterocycles. The smallest absolute Gasteiger partial charge is 0.258 e. The normalized spacial score (nSPS) is 11.0. The van der Waals surface area contributed by atoms with E-state index < -0.39 is 0 Å². The molecule has 0 unspecified atom stereocenters. The van der Waals surface area contributed by atoms with E-state index in [1.54, 1.807) is 18.7 Å². The van der Waals surface area contributed by atoms with Crippen molar-refractivity contribution in [1.82, 2.24) is 24.6 Å². The van der Waals surface area contributed by atoms with E-state index in [0.717, 1.165) is 24.0 Å². The van der Waals surface area contributed by atoms with Crippen LogP contribution in [0.25, 0.3) is 11.0 Å². The molecule has 0 saturated carbocycles. The molecule has 0 aliphatic heterocycles. The van der Waals surface area contributed by atoms with Crippen LogP contribution in [0.2, 0.25) is 0 Å². The Labute approximate surface area is 140 Å². The molecule has 0 spiro atoms. The number of aryl methyl sites for hydroxylation is 3. The molecule has 0 radical (unpaired) electrons. The van der Waals surface area contributed by atoms with Crippen molar-refractivity contribution in [1.29, 1.82) is 0 Å². The average molecular weight is 327 g/mol. The first kappa shape index (κ1) is 16.0. The van der Waals surface area contributed by atoms with Gasteiger partial charge in [-0.2, -0.15) is 5.10 Å². The minimum atomic E-state index is -0.159. The summed E-state index contributed by atoms with van der Waals surface area (Å²) in [5, 5.41) is 7.16. The van der Waals surface area contributed by atoms with Crippen molar-refractivity contribution in [3.63, 3.8) is 0 Å². The first-order chi connectivity index (χ1) is 11.6. The molecule has 2 aromatic heterocycles. The van der Waals surface area contributed by atoms with Crippen molar-refractivity contribution in [2.45, 2.75) is 19.9 Å². The summed E-state index contributed by atoms with van der Waals surface area (Å²) in [6.07, 6.45) is 2.65. The van der Waals surface area contributed by atoms with Gasteiger partial charge in [-0.1, -0.05) is 12.1 Å². The van der Waals surface area contributed by atoms with E-state index in [1.165, 1.54) is 7.11 Å². The Hall–Kier alpha value is -2.83. The second kappa shape index (κ2) is 6.74. The summed E-state index contributed by atoms with van der Waals surface area (Å²) in [5.74, 6) is 0.318. The maximum atomic E-state index is 12.4. The summed E-state index contributed by atoms with van der Waals surface area (Å²) in [7, 11) is 3.30. The predicted octanol–water partition coefficient (Wildman–Crippen LogP) is 1.91. The monoisotopic (exact) mass is 327 g/mol. The van der Waals surface area contributed by atoms with Crippen LogP contribution in [0.4, 0.5) is 0 Å². The number of hydrogen-bond acceptors (Lipinski definition) is 4. The van der Waals surface area contributed by atoms with Gasteiger partial charge < -0.3 is 14.6 Å². The highest BCUT2D eigenvalue weighted by molar-refractivity contribution is 5.97. The number of carbonyl (C=O) groups is 1. The molecule has 1 N–H and O–H groups in total. The number of imidazole rings is 1. The quantitative estimate of drug-likeness (QED) is 0.702. The molecule has 7 nitrogen and oxygen atoms in total. The van der Waals surface area contributed by atoms with Crippen LogP contribution in [-0.2, 0) is 13.6 Å². The fourth-order valence-electron chi connectivity index (χ4n) is 2.86. The van der Waals surface area contributed by atoms with Gasteiger partial charge in [-0.05, 0) is 25.5 Å². The van der Waals surface area contributed by atoms with Crippen LogP contribution in [-0.4, -0.2) is 38.9 Å². The Kier molecular flexibility index (Phi) is 4.50. The minimum absolute atomic E-state index is 0.159. The van der Waals surface area contributed by atoms with Gasteiger partial charge >= 0.3 is 0 Å². The molecule has 3 aromatic rings. The van der Waals surface area contributed by atoms with Crippen LogP contribution < -0.4 is 10.1 Å². The standard InChI is InChI=1S/C17H21N5O2/c1-12-15(17(24-3)21(2)20-12)16(23)18-9-6-10-22-11-19-13-7-4-5-8-14(13)22/h4-5,7-8,11H,6,9-10H2,1-3H3,(H,18,23). The lowest BCUT2D eigenvalue weighted by molar-refractivity contribution is 0.0948. The molecule has 1 aromatic carbocycles. The third kappa shape index (κ3) is 2.97. The molecular formula is C17H21N5O2. The number of amides is 1. The van der Waals surface area contributed by atoms with E-state index in [0.29, 0.717) is 23.7 Å². The number of ether oxygens (including phenoxy) is 1. The van der Waals surface area contributed by atoms with E-state index >= 15 is 0 Å². The highest BCUT2D eigenvalue weighted by Gasteiger charge is 2.20. The fourth-order valence-corrected chi connectivity index (χ4v) is 2.86. The van der Waals surface area contributed by atoms with Gasteiger partial charge in [-0.25, -0.2) is 9.67 Å². The maximum absolute atomic E-state index is 12.4. The van der Waals surface area contributed by atoms with Crippen LogP contribution in [0.1, 0.15) is 22.5 Å². The van der Waals surface area contributed by atoms with Gasteiger partial charge in [0.2, 0.25) is 5.88 Å². The highest BCUT2D eigenvalue weighted by atomic mass is 16.5. The molecule has 0 saturated heterocycles. The van der Waals surface area contributed by atoms with Gasteiger partial charge in [0.1, 0.15) is 5.56 Å². The van der Waals surface area contributed by atoms with E-state index in [2.05, 4.69) is 20.0 Å². The van der Waals surface area contributed by atoms with E-state index in [-0.39, 0.29) is 5.91 Å². The number of para-hydroxylation sites is 2. The van der Waals surface area contributed by atoms with E-state index in [1.807, 2.05) is 30.6 Å². The van der Waals surface area contributed by atoms with E-state index in [4.69, 9.17) is 4.74 Å². The van der Waals surface area contributed by atoms with Gasteiger partial charge in [-0.3, -0.25) is 4.79 Å². The molecular weight excluding hydrogens is 306 g/mol. The molecule has 1 amide bonds. The zero-order valence-corrected chi connectivity index (χ0v) is 14.1. The predicted molar refractivity (Wildman–Crippen MR) is 91.2 cm³/mol. The largest absolute Gasteiger partial charge is 0.481 e. The zero-order chi connectivity index (χ0) is 17.1. The summed E-state index contributed by atoms with van der Waals surface area (Å²) in [6.45, 7) is 3.17. The molecule has 7 heteroatoms. The Balaban J connectivity index is 1.58. The summed E-state index contributed by atoms with van der Waals surface area (Å²) in [4.78, 5) is 16.7. The number of benzene rings is 1. The zero-order valence-electron chi connectivity index (χ0n) is 14.1. The SMILES string of the molecule is COc1c(C(=O)NCCCn2cnc3ccccc32)c(C)nn1C. The third-order valence-corrected chi connectivity index (χ3v) is 3.98. The van der Waals surface area contributed by atoms with Crippen molar-refractivity contribution in [3.05, 3.63) is 41.9 Å². The lowest BCUT2D eigenvalue weighted by Gasteiger charge is -2.08. The molecule has 0 fully saturated rings. The van der Waals surface area contributed by atoms with E-state index in [9.17, 15) is 4.79 Å². The summed E-state index contributed by atoms with van der Waals surface area (Å²) >= 11 is 0. The molecule has 126 valence electrons. The van der Waals surface area contributed by atoms with Crippen LogP contribution >= 0.6 is 0 Å². The highest BCUT2D eigenvalue weighted by Crippen LogP contribution is 2.20. The lowest BCUT2D eigenvalue weighted by atomic mass is 10.2. The van der Waals surface area contributed by atoms with Crippen molar-refractivity contribution >= 4 is 16.9 Å². The lowest BCUT2D eigenvalue weighted by Crippen LogP contribution is -2.26. The number of rotatable bonds is 6. The number of nitrogens with zero attached hydrogens (tertiary/aromatic N) is 4. The number of carbonyl (C=O) groups excluding carboxylic acids is 1. The third-order valence-electron chi connectivity index (χ3n) is 3.98. The fraction of sp³-hybridized carbons (Fsp3) is 0.353. The second-order valence-corrected chi connectivity index (χ2v) is 5.63. The van der Waals surface area contributed by atoms with Crippen LogP contribution in [0.15, 0.2) is 30.6 Å². The summed E-state index contributed by atoms with van der Waals surface area (Å²) < 4.78 is 8.92. The van der Waals surface area contributed by atoms with Crippen LogP contribution in [0.3, 0.4) is 0 Å². The average Bonchev–Trinajstić information content (AvgIpc) is 3.11. The minimum Gasteiger partial charge on any atom is -0.481 e. The van der Waals surface area contributed by atoms with Crippen molar-refractivity contribution in [3.8, 4) is 5.88 Å². The number of aromatic nitrogens is 4. The number of methoxy groups -OCH3 is 1. The van der Waals surface area contributed by atoms with Gasteiger partial charge in [-0.15, -0.1) is 0 Å². The maximum Gasteiger partial charge on any atom is 0.258 e. The van der Waals surface area contributed by atoms with Crippen LogP contribution in [0, 0.1) is 6.92 Å². The van der Waals surface area contributed by atoms with Gasteiger partial charge in [0.25, 0.3) is 5.91 Å². The van der Waals surface area contributed by atoms with Crippen molar-refractivity contribution in [2.24, 2.45) is 7.05 Å².